The van der Waals surface area contributed by atoms with Crippen molar-refractivity contribution in [3.63, 3.8) is 0 Å². The van der Waals surface area contributed by atoms with Crippen molar-refractivity contribution < 1.29 is 37.6 Å². The van der Waals surface area contributed by atoms with Gasteiger partial charge in [0, 0.05) is 10.5 Å². The number of halogens is 6. The number of aliphatic hydroxyl groups is 3. The highest BCUT2D eigenvalue weighted by Gasteiger charge is 2.46. The summed E-state index contributed by atoms with van der Waals surface area (Å²) in [6.45, 7) is -0.652. The number of rotatable bonds is 5. The molecule has 2 heterocycles. The Bertz CT molecular complexity index is 1200. The lowest BCUT2D eigenvalue weighted by atomic mass is 9.97. The number of hydrogen-bond donors (Lipinski definition) is 3. The van der Waals surface area contributed by atoms with E-state index in [0.29, 0.717) is 12.1 Å². The molecule has 0 spiro atoms. The predicted molar refractivity (Wildman–Crippen MR) is 114 cm³/mol. The monoisotopic (exact) mass is 539 g/mol. The minimum atomic E-state index is -1.65. The van der Waals surface area contributed by atoms with Crippen LogP contribution in [0.25, 0.3) is 11.3 Å². The summed E-state index contributed by atoms with van der Waals surface area (Å²) in [6, 6.07) is 2.39. The summed E-state index contributed by atoms with van der Waals surface area (Å²) in [5.74, 6) is -5.25. The molecule has 0 saturated carbocycles. The van der Waals surface area contributed by atoms with E-state index in [2.05, 4.69) is 10.3 Å². The molecule has 0 aliphatic carbocycles. The van der Waals surface area contributed by atoms with Crippen LogP contribution in [0.5, 0.6) is 0 Å². The van der Waals surface area contributed by atoms with Gasteiger partial charge in [0.15, 0.2) is 17.5 Å². The molecule has 14 heteroatoms. The summed E-state index contributed by atoms with van der Waals surface area (Å²) >= 11 is 12.5. The number of benzene rings is 2. The molecule has 3 N–H and O–H groups in total. The second kappa shape index (κ2) is 9.97. The van der Waals surface area contributed by atoms with Crippen molar-refractivity contribution >= 4 is 35.0 Å². The Balaban J connectivity index is 1.65. The normalized spacial score (nSPS) is 25.0. The molecule has 4 rings (SSSR count). The molecule has 3 aromatic rings. The molecule has 0 amide bonds. The quantitative estimate of drug-likeness (QED) is 0.259. The molecule has 5 atom stereocenters. The minimum absolute atomic E-state index is 0.0122. The number of ether oxygens (including phenoxy) is 1. The van der Waals surface area contributed by atoms with Crippen molar-refractivity contribution in [2.45, 2.75) is 34.7 Å². The minimum Gasteiger partial charge on any atom is -0.394 e. The number of hydrogen-bond acceptors (Lipinski definition) is 7. The number of nitrogens with zero attached hydrogens (tertiary/aromatic N) is 3. The van der Waals surface area contributed by atoms with Gasteiger partial charge in [0.1, 0.15) is 41.3 Å². The van der Waals surface area contributed by atoms with Crippen LogP contribution >= 0.6 is 35.0 Å². The van der Waals surface area contributed by atoms with Gasteiger partial charge >= 0.3 is 0 Å². The first-order chi connectivity index (χ1) is 16.1. The molecule has 1 fully saturated rings. The van der Waals surface area contributed by atoms with E-state index in [-0.39, 0.29) is 26.2 Å². The highest BCUT2D eigenvalue weighted by Crippen LogP contribution is 2.40. The van der Waals surface area contributed by atoms with Crippen LogP contribution in [-0.2, 0) is 4.74 Å². The topological polar surface area (TPSA) is 101 Å². The van der Waals surface area contributed by atoms with Crippen LogP contribution in [0.2, 0.25) is 10.0 Å². The molecule has 0 bridgehead atoms. The van der Waals surface area contributed by atoms with Gasteiger partial charge in [-0.05, 0) is 24.3 Å². The first-order valence-corrected chi connectivity index (χ1v) is 11.2. The maximum absolute atomic E-state index is 14.4. The number of aliphatic hydroxyl groups excluding tert-OH is 3. The van der Waals surface area contributed by atoms with Gasteiger partial charge in [0.2, 0.25) is 0 Å². The Morgan fingerprint density at radius 2 is 1.62 bits per heavy atom. The van der Waals surface area contributed by atoms with E-state index in [1.807, 2.05) is 0 Å². The number of aromatic nitrogens is 3. The summed E-state index contributed by atoms with van der Waals surface area (Å²) in [7, 11) is 0. The van der Waals surface area contributed by atoms with Crippen LogP contribution in [0.1, 0.15) is 6.04 Å². The fourth-order valence-corrected chi connectivity index (χ4v) is 4.94. The third kappa shape index (κ3) is 4.76. The second-order valence-electron chi connectivity index (χ2n) is 7.35. The summed E-state index contributed by atoms with van der Waals surface area (Å²) in [6.07, 6.45) is -3.05. The van der Waals surface area contributed by atoms with E-state index in [4.69, 9.17) is 27.9 Å². The molecule has 1 aromatic heterocycles. The molecule has 1 aliphatic heterocycles. The molecule has 182 valence electrons. The van der Waals surface area contributed by atoms with Gasteiger partial charge in [0.05, 0.1) is 22.8 Å². The average Bonchev–Trinajstić information content (AvgIpc) is 3.27. The van der Waals surface area contributed by atoms with Crippen LogP contribution in [0, 0.1) is 23.3 Å². The van der Waals surface area contributed by atoms with Crippen molar-refractivity contribution in [3.8, 4) is 11.3 Å². The third-order valence-corrected chi connectivity index (χ3v) is 7.07. The molecular formula is C20H15Cl2F4N3O4S. The van der Waals surface area contributed by atoms with E-state index < -0.39 is 59.7 Å². The Hall–Kier alpha value is -1.93. The van der Waals surface area contributed by atoms with E-state index in [9.17, 15) is 32.9 Å². The van der Waals surface area contributed by atoms with Crippen molar-refractivity contribution in [3.05, 3.63) is 63.8 Å². The molecule has 7 nitrogen and oxygen atoms in total. The van der Waals surface area contributed by atoms with Crippen molar-refractivity contribution in [2.75, 3.05) is 6.61 Å². The van der Waals surface area contributed by atoms with Crippen LogP contribution in [0.4, 0.5) is 17.6 Å². The average molecular weight is 540 g/mol. The van der Waals surface area contributed by atoms with Gasteiger partial charge < -0.3 is 20.1 Å². The summed E-state index contributed by atoms with van der Waals surface area (Å²) < 4.78 is 61.4. The molecule has 34 heavy (non-hydrogen) atoms. The lowest BCUT2D eigenvalue weighted by Crippen LogP contribution is -2.55. The predicted octanol–water partition coefficient (Wildman–Crippen LogP) is 3.58. The van der Waals surface area contributed by atoms with Crippen LogP contribution < -0.4 is 0 Å². The zero-order chi connectivity index (χ0) is 24.7. The van der Waals surface area contributed by atoms with Gasteiger partial charge in [-0.2, -0.15) is 0 Å². The lowest BCUT2D eigenvalue weighted by molar-refractivity contribution is -0.178. The zero-order valence-corrected chi connectivity index (χ0v) is 19.1. The highest BCUT2D eigenvalue weighted by atomic mass is 35.5. The van der Waals surface area contributed by atoms with Gasteiger partial charge in [0.25, 0.3) is 0 Å². The Kier molecular flexibility index (Phi) is 7.38. The van der Waals surface area contributed by atoms with E-state index in [1.165, 1.54) is 12.3 Å². The highest BCUT2D eigenvalue weighted by molar-refractivity contribution is 7.99. The number of thioether (sulfide) groups is 1. The first-order valence-electron chi connectivity index (χ1n) is 9.61. The van der Waals surface area contributed by atoms with E-state index >= 15 is 0 Å². The SMILES string of the molecule is OCC1OC(Sc2cc(Cl)c(Cl)cc2F)C(O)C(n2cc(-c3cc(F)c(F)c(F)c3)nn2)C1O. The third-order valence-electron chi connectivity index (χ3n) is 5.16. The molecule has 1 saturated heterocycles. The molecule has 5 unspecified atom stereocenters. The molecule has 1 aliphatic rings. The smallest absolute Gasteiger partial charge is 0.194 e. The van der Waals surface area contributed by atoms with Gasteiger partial charge in [-0.3, -0.25) is 0 Å². The second-order valence-corrected chi connectivity index (χ2v) is 9.30. The first kappa shape index (κ1) is 25.2. The molecule has 2 aromatic carbocycles. The summed E-state index contributed by atoms with van der Waals surface area (Å²) in [5, 5.41) is 38.8. The maximum atomic E-state index is 14.4. The Morgan fingerprint density at radius 1 is 0.971 bits per heavy atom. The van der Waals surface area contributed by atoms with Crippen molar-refractivity contribution in [2.24, 2.45) is 0 Å². The van der Waals surface area contributed by atoms with Gasteiger partial charge in [-0.25, -0.2) is 22.2 Å². The Morgan fingerprint density at radius 3 is 2.26 bits per heavy atom. The van der Waals surface area contributed by atoms with Crippen LogP contribution in [0.3, 0.4) is 0 Å². The van der Waals surface area contributed by atoms with E-state index in [0.717, 1.165) is 22.5 Å². The van der Waals surface area contributed by atoms with Crippen LogP contribution in [-0.4, -0.2) is 60.7 Å². The Labute approximate surface area is 203 Å². The fourth-order valence-electron chi connectivity index (χ4n) is 3.46. The van der Waals surface area contributed by atoms with Crippen molar-refractivity contribution in [1.29, 1.82) is 0 Å². The van der Waals surface area contributed by atoms with Gasteiger partial charge in [-0.15, -0.1) is 5.10 Å². The molecular weight excluding hydrogens is 525 g/mol. The standard InChI is InChI=1S/C20H15Cl2F4N3O4S/c21-8-3-10(23)15(4-9(8)22)34-20-19(32)17(18(31)14(6-30)33-20)29-5-13(27-28-29)7-1-11(24)16(26)12(25)2-7/h1-5,14,17-20,30-32H,6H2. The summed E-state index contributed by atoms with van der Waals surface area (Å²) in [4.78, 5) is -0.0122. The zero-order valence-electron chi connectivity index (χ0n) is 16.7. The molecule has 0 radical (unpaired) electrons. The lowest BCUT2D eigenvalue weighted by Gasteiger charge is -2.41. The van der Waals surface area contributed by atoms with E-state index in [1.54, 1.807) is 0 Å². The summed E-state index contributed by atoms with van der Waals surface area (Å²) in [5.41, 5.74) is -1.42. The fraction of sp³-hybridized carbons (Fsp3) is 0.300. The maximum Gasteiger partial charge on any atom is 0.194 e. The largest absolute Gasteiger partial charge is 0.394 e. The van der Waals surface area contributed by atoms with Gasteiger partial charge in [-0.1, -0.05) is 40.2 Å². The van der Waals surface area contributed by atoms with Crippen LogP contribution in [0.15, 0.2) is 35.4 Å². The van der Waals surface area contributed by atoms with Crippen molar-refractivity contribution in [1.82, 2.24) is 15.0 Å².